The van der Waals surface area contributed by atoms with E-state index < -0.39 is 28.8 Å². The van der Waals surface area contributed by atoms with Gasteiger partial charge < -0.3 is 24.6 Å². The lowest BCUT2D eigenvalue weighted by Crippen LogP contribution is -2.55. The second kappa shape index (κ2) is 8.32. The van der Waals surface area contributed by atoms with E-state index in [1.54, 1.807) is 11.0 Å². The Bertz CT molecular complexity index is 1120. The van der Waals surface area contributed by atoms with Crippen LogP contribution >= 0.6 is 11.6 Å². The minimum atomic E-state index is -0.953. The highest BCUT2D eigenvalue weighted by molar-refractivity contribution is 6.30. The van der Waals surface area contributed by atoms with Gasteiger partial charge in [0.15, 0.2) is 11.4 Å². The number of aromatic hydroxyl groups is 1. The number of fused-ring (bicyclic) bond motifs is 3. The van der Waals surface area contributed by atoms with Gasteiger partial charge in [0.05, 0.1) is 23.7 Å². The molecule has 2 amide bonds. The number of pyridine rings is 1. The summed E-state index contributed by atoms with van der Waals surface area (Å²) in [5.41, 5.74) is -1.26. The molecule has 0 bridgehead atoms. The molecule has 1 aromatic carbocycles. The van der Waals surface area contributed by atoms with E-state index >= 15 is 0 Å². The molecule has 1 saturated heterocycles. The number of carbonyl (C=O) groups excluding carboxylic acids is 2. The van der Waals surface area contributed by atoms with Crippen molar-refractivity contribution in [3.05, 3.63) is 62.3 Å². The van der Waals surface area contributed by atoms with Crippen molar-refractivity contribution in [1.29, 1.82) is 0 Å². The van der Waals surface area contributed by atoms with Gasteiger partial charge in [0.1, 0.15) is 11.4 Å². The first-order valence-electron chi connectivity index (χ1n) is 9.93. The monoisotopic (exact) mass is 449 g/mol. The molecule has 2 aliphatic rings. The molecular formula is C21H21ClFN3O5. The molecule has 2 N–H and O–H groups in total. The minimum Gasteiger partial charge on any atom is -0.503 e. The number of nitrogens with one attached hydrogen (secondary N) is 1. The van der Waals surface area contributed by atoms with Crippen LogP contribution in [0.25, 0.3) is 0 Å². The first-order chi connectivity index (χ1) is 14.8. The van der Waals surface area contributed by atoms with E-state index in [9.17, 15) is 23.9 Å². The van der Waals surface area contributed by atoms with Crippen molar-refractivity contribution in [3.8, 4) is 5.75 Å². The molecule has 0 spiro atoms. The number of carbonyl (C=O) groups is 2. The number of rotatable bonds is 4. The Balaban J connectivity index is 1.70. The largest absolute Gasteiger partial charge is 0.503 e. The van der Waals surface area contributed by atoms with Crippen molar-refractivity contribution in [3.63, 3.8) is 0 Å². The van der Waals surface area contributed by atoms with Crippen LogP contribution in [0.2, 0.25) is 5.02 Å². The summed E-state index contributed by atoms with van der Waals surface area (Å²) in [5, 5.41) is 12.9. The van der Waals surface area contributed by atoms with E-state index in [0.717, 1.165) is 0 Å². The van der Waals surface area contributed by atoms with E-state index in [2.05, 4.69) is 5.32 Å². The zero-order valence-corrected chi connectivity index (χ0v) is 17.5. The molecule has 2 aromatic rings. The quantitative estimate of drug-likeness (QED) is 0.744. The van der Waals surface area contributed by atoms with Gasteiger partial charge >= 0.3 is 0 Å². The lowest BCUT2D eigenvalue weighted by molar-refractivity contribution is -0.0176. The summed E-state index contributed by atoms with van der Waals surface area (Å²) in [7, 11) is 0. The van der Waals surface area contributed by atoms with Crippen LogP contribution in [0.15, 0.2) is 29.2 Å². The number of ether oxygens (including phenoxy) is 1. The fourth-order valence-electron chi connectivity index (χ4n) is 4.21. The predicted octanol–water partition coefficient (Wildman–Crippen LogP) is 2.08. The Labute approximate surface area is 182 Å². The number of benzene rings is 1. The van der Waals surface area contributed by atoms with E-state index in [-0.39, 0.29) is 40.5 Å². The zero-order valence-electron chi connectivity index (χ0n) is 16.7. The van der Waals surface area contributed by atoms with Gasteiger partial charge in [-0.3, -0.25) is 14.4 Å². The Kier molecular flexibility index (Phi) is 5.72. The van der Waals surface area contributed by atoms with Crippen molar-refractivity contribution < 1.29 is 23.8 Å². The second-order valence-corrected chi connectivity index (χ2v) is 7.87. The first kappa shape index (κ1) is 21.3. The normalized spacial score (nSPS) is 20.2. The highest BCUT2D eigenvalue weighted by Crippen LogP contribution is 2.35. The van der Waals surface area contributed by atoms with Crippen LogP contribution in [0.3, 0.4) is 0 Å². The summed E-state index contributed by atoms with van der Waals surface area (Å²) in [6, 6.07) is 3.88. The molecular weight excluding hydrogens is 429 g/mol. The van der Waals surface area contributed by atoms with Crippen molar-refractivity contribution in [1.82, 2.24) is 14.8 Å². The third-order valence-electron chi connectivity index (χ3n) is 5.78. The number of halogens is 2. The molecule has 3 heterocycles. The summed E-state index contributed by atoms with van der Waals surface area (Å²) in [6.45, 7) is 2.78. The number of amides is 2. The molecule has 31 heavy (non-hydrogen) atoms. The van der Waals surface area contributed by atoms with E-state index in [1.807, 2.05) is 6.92 Å². The van der Waals surface area contributed by atoms with E-state index in [4.69, 9.17) is 16.3 Å². The maximum Gasteiger partial charge on any atom is 0.274 e. The van der Waals surface area contributed by atoms with Gasteiger partial charge in [0.2, 0.25) is 5.43 Å². The van der Waals surface area contributed by atoms with Crippen LogP contribution in [-0.2, 0) is 11.3 Å². The Morgan fingerprint density at radius 3 is 2.87 bits per heavy atom. The third kappa shape index (κ3) is 3.57. The molecule has 4 rings (SSSR count). The maximum absolute atomic E-state index is 14.1. The van der Waals surface area contributed by atoms with E-state index in [1.165, 1.54) is 22.9 Å². The summed E-state index contributed by atoms with van der Waals surface area (Å²) >= 11 is 5.75. The maximum atomic E-state index is 14.1. The topological polar surface area (TPSA) is 101 Å². The second-order valence-electron chi connectivity index (χ2n) is 7.46. The molecule has 1 fully saturated rings. The first-order valence-corrected chi connectivity index (χ1v) is 10.3. The number of aromatic nitrogens is 1. The molecule has 0 unspecified atom stereocenters. The van der Waals surface area contributed by atoms with Crippen molar-refractivity contribution in [2.75, 3.05) is 19.8 Å². The van der Waals surface area contributed by atoms with E-state index in [0.29, 0.717) is 26.2 Å². The Hall–Kier alpha value is -2.91. The average molecular weight is 450 g/mol. The summed E-state index contributed by atoms with van der Waals surface area (Å²) in [6.07, 6.45) is 1.85. The number of hydrogen-bond donors (Lipinski definition) is 2. The Morgan fingerprint density at radius 2 is 2.13 bits per heavy atom. The summed E-state index contributed by atoms with van der Waals surface area (Å²) < 4.78 is 21.1. The van der Waals surface area contributed by atoms with Gasteiger partial charge in [-0.15, -0.1) is 0 Å². The summed E-state index contributed by atoms with van der Waals surface area (Å²) in [5.74, 6) is -2.71. The SMILES string of the molecule is CCN1C(=O)c2c(O)c(=O)c(C(=O)NCc3cccc(Cl)c3F)cn2[C@H]2CCOC[C@H]21. The summed E-state index contributed by atoms with van der Waals surface area (Å²) in [4.78, 5) is 39.9. The molecule has 1 aromatic heterocycles. The predicted molar refractivity (Wildman–Crippen MR) is 110 cm³/mol. The average Bonchev–Trinajstić information content (AvgIpc) is 2.77. The standard InChI is InChI=1S/C21H21ClFN3O5/c1-2-25-15-10-31-7-6-14(15)26-9-12(18(27)19(28)17(26)21(25)30)20(29)24-8-11-4-3-5-13(22)16(11)23/h3-5,9,14-15,28H,2,6-8,10H2,1H3,(H,24,29)/t14-,15+/m0/s1. The van der Waals surface area contributed by atoms with Crippen molar-refractivity contribution in [2.45, 2.75) is 32.0 Å². The van der Waals surface area contributed by atoms with Crippen LogP contribution < -0.4 is 10.7 Å². The van der Waals surface area contributed by atoms with Gasteiger partial charge in [-0.1, -0.05) is 23.7 Å². The molecule has 2 aliphatic heterocycles. The highest BCUT2D eigenvalue weighted by Gasteiger charge is 2.43. The Morgan fingerprint density at radius 1 is 1.35 bits per heavy atom. The van der Waals surface area contributed by atoms with Gasteiger partial charge in [-0.2, -0.15) is 0 Å². The van der Waals surface area contributed by atoms with Crippen molar-refractivity contribution in [2.24, 2.45) is 0 Å². The van der Waals surface area contributed by atoms with Crippen LogP contribution in [-0.4, -0.2) is 52.2 Å². The molecule has 164 valence electrons. The molecule has 10 heteroatoms. The van der Waals surface area contributed by atoms with Crippen LogP contribution in [0.1, 0.15) is 45.8 Å². The van der Waals surface area contributed by atoms with Crippen molar-refractivity contribution >= 4 is 23.4 Å². The molecule has 0 saturated carbocycles. The minimum absolute atomic E-state index is 0.0807. The lowest BCUT2D eigenvalue weighted by atomic mass is 9.96. The smallest absolute Gasteiger partial charge is 0.274 e. The van der Waals surface area contributed by atoms with Crippen LogP contribution in [0, 0.1) is 5.82 Å². The number of likely N-dealkylation sites (N-methyl/N-ethyl adjacent to an activating group) is 1. The third-order valence-corrected chi connectivity index (χ3v) is 6.07. The van der Waals surface area contributed by atoms with Crippen LogP contribution in [0.5, 0.6) is 5.75 Å². The molecule has 8 nitrogen and oxygen atoms in total. The van der Waals surface area contributed by atoms with Gasteiger partial charge in [-0.25, -0.2) is 4.39 Å². The molecule has 0 radical (unpaired) electrons. The van der Waals surface area contributed by atoms with Crippen LogP contribution in [0.4, 0.5) is 4.39 Å². The van der Waals surface area contributed by atoms with Gasteiger partial charge in [0.25, 0.3) is 11.8 Å². The fraction of sp³-hybridized carbons (Fsp3) is 0.381. The highest BCUT2D eigenvalue weighted by atomic mass is 35.5. The number of nitrogens with zero attached hydrogens (tertiary/aromatic N) is 2. The van der Waals surface area contributed by atoms with Gasteiger partial charge in [-0.05, 0) is 19.4 Å². The zero-order chi connectivity index (χ0) is 22.3. The lowest BCUT2D eigenvalue weighted by Gasteiger charge is -2.45. The molecule has 0 aliphatic carbocycles. The number of hydrogen-bond acceptors (Lipinski definition) is 5. The van der Waals surface area contributed by atoms with Gasteiger partial charge in [0, 0.05) is 31.5 Å². The fourth-order valence-corrected chi connectivity index (χ4v) is 4.40. The molecule has 2 atom stereocenters.